The summed E-state index contributed by atoms with van der Waals surface area (Å²) in [6.07, 6.45) is 2.85. The van der Waals surface area contributed by atoms with Gasteiger partial charge in [-0.25, -0.2) is 0 Å². The molecule has 1 N–H and O–H groups in total. The predicted octanol–water partition coefficient (Wildman–Crippen LogP) is 2.88. The molecule has 4 nitrogen and oxygen atoms in total. The number of amides is 1. The van der Waals surface area contributed by atoms with Gasteiger partial charge in [0.1, 0.15) is 5.78 Å². The molecule has 1 aromatic carbocycles. The van der Waals surface area contributed by atoms with Crippen LogP contribution >= 0.6 is 0 Å². The van der Waals surface area contributed by atoms with Crippen molar-refractivity contribution < 1.29 is 9.59 Å². The van der Waals surface area contributed by atoms with E-state index in [0.717, 1.165) is 43.6 Å². The van der Waals surface area contributed by atoms with Gasteiger partial charge in [-0.2, -0.15) is 0 Å². The quantitative estimate of drug-likeness (QED) is 0.855. The number of nitrogens with zero attached hydrogens (tertiary/aromatic N) is 1. The number of hydrogen-bond acceptors (Lipinski definition) is 3. The van der Waals surface area contributed by atoms with Gasteiger partial charge in [-0.15, -0.1) is 0 Å². The van der Waals surface area contributed by atoms with E-state index in [-0.39, 0.29) is 23.3 Å². The van der Waals surface area contributed by atoms with Crippen LogP contribution < -0.4 is 10.2 Å². The molecule has 3 rings (SSSR count). The molecule has 0 aliphatic carbocycles. The Labute approximate surface area is 145 Å². The molecular formula is C19H28N2O2Si. The number of ketones is 1. The van der Waals surface area contributed by atoms with Crippen molar-refractivity contribution in [1.29, 1.82) is 0 Å². The number of anilines is 1. The summed E-state index contributed by atoms with van der Waals surface area (Å²) in [6, 6.07) is 6.11. The van der Waals surface area contributed by atoms with Gasteiger partial charge in [-0.1, -0.05) is 31.8 Å². The maximum absolute atomic E-state index is 12.8. The Morgan fingerprint density at radius 3 is 2.62 bits per heavy atom. The summed E-state index contributed by atoms with van der Waals surface area (Å²) in [5, 5.41) is 3.31. The maximum Gasteiger partial charge on any atom is 0.244 e. The van der Waals surface area contributed by atoms with Gasteiger partial charge in [0.05, 0.1) is 14.1 Å². The van der Waals surface area contributed by atoms with Crippen molar-refractivity contribution in [3.63, 3.8) is 0 Å². The molecule has 2 aliphatic heterocycles. The minimum Gasteiger partial charge on any atom is -0.310 e. The van der Waals surface area contributed by atoms with Crippen LogP contribution in [0.2, 0.25) is 19.6 Å². The van der Waals surface area contributed by atoms with Crippen LogP contribution in [-0.2, 0) is 16.0 Å². The summed E-state index contributed by atoms with van der Waals surface area (Å²) in [7, 11) is -1.67. The van der Waals surface area contributed by atoms with E-state index in [4.69, 9.17) is 0 Å². The molecule has 2 unspecified atom stereocenters. The van der Waals surface area contributed by atoms with Crippen LogP contribution in [0.4, 0.5) is 5.69 Å². The zero-order chi connectivity index (χ0) is 17.5. The highest BCUT2D eigenvalue weighted by molar-refractivity contribution is 6.80. The number of carbonyl (C=O) groups is 2. The third-order valence-corrected chi connectivity index (χ3v) is 7.72. The van der Waals surface area contributed by atoms with E-state index < -0.39 is 8.07 Å². The first kappa shape index (κ1) is 17.4. The highest BCUT2D eigenvalue weighted by Gasteiger charge is 2.37. The number of carbonyl (C=O) groups excluding carboxylic acids is 2. The van der Waals surface area contributed by atoms with Crippen molar-refractivity contribution in [2.45, 2.75) is 57.4 Å². The van der Waals surface area contributed by atoms with Crippen LogP contribution in [-0.4, -0.2) is 38.9 Å². The maximum atomic E-state index is 12.8. The smallest absolute Gasteiger partial charge is 0.244 e. The lowest BCUT2D eigenvalue weighted by atomic mass is 10.00. The molecule has 130 valence electrons. The normalized spacial score (nSPS) is 21.7. The molecule has 1 amide bonds. The molecule has 1 aromatic rings. The molecule has 0 bridgehead atoms. The number of hydrogen-bond donors (Lipinski definition) is 1. The monoisotopic (exact) mass is 344 g/mol. The van der Waals surface area contributed by atoms with Crippen molar-refractivity contribution in [2.75, 3.05) is 18.0 Å². The lowest BCUT2D eigenvalue weighted by Crippen LogP contribution is -2.43. The van der Waals surface area contributed by atoms with Gasteiger partial charge in [-0.3, -0.25) is 9.59 Å². The lowest BCUT2D eigenvalue weighted by molar-refractivity contribution is -0.120. The Morgan fingerprint density at radius 2 is 2.04 bits per heavy atom. The first-order valence-electron chi connectivity index (χ1n) is 8.97. The van der Waals surface area contributed by atoms with Gasteiger partial charge < -0.3 is 10.2 Å². The number of nitrogens with one attached hydrogen (secondary N) is 1. The Kier molecular flexibility index (Phi) is 4.66. The topological polar surface area (TPSA) is 49.4 Å². The molecule has 24 heavy (non-hydrogen) atoms. The molecule has 2 heterocycles. The predicted molar refractivity (Wildman–Crippen MR) is 100 cm³/mol. The largest absolute Gasteiger partial charge is 0.310 e. The fraction of sp³-hybridized carbons (Fsp3) is 0.579. The third-order valence-electron chi connectivity index (χ3n) is 5.27. The van der Waals surface area contributed by atoms with E-state index in [2.05, 4.69) is 31.0 Å². The fourth-order valence-electron chi connectivity index (χ4n) is 4.34. The summed E-state index contributed by atoms with van der Waals surface area (Å²) < 4.78 is 0. The summed E-state index contributed by atoms with van der Waals surface area (Å²) >= 11 is 0. The molecule has 1 fully saturated rings. The molecule has 5 heteroatoms. The molecule has 2 atom stereocenters. The van der Waals surface area contributed by atoms with Crippen molar-refractivity contribution in [3.8, 4) is 0 Å². The standard InChI is InChI=1S/C19H28N2O2Si/c1-13(22)18(24(2,3)4)15-7-5-9-17-14(15)10-12-21(17)19(23)16-8-6-11-20-16/h5,7,9,16,18,20H,6,8,10-12H2,1-4H3. The fourth-order valence-corrected chi connectivity index (χ4v) is 6.76. The van der Waals surface area contributed by atoms with Crippen LogP contribution in [0.15, 0.2) is 18.2 Å². The van der Waals surface area contributed by atoms with Crippen molar-refractivity contribution >= 4 is 25.5 Å². The molecule has 0 radical (unpaired) electrons. The van der Waals surface area contributed by atoms with Gasteiger partial charge in [0, 0.05) is 17.8 Å². The Bertz CT molecular complexity index is 660. The summed E-state index contributed by atoms with van der Waals surface area (Å²) in [5.74, 6) is 0.445. The number of Topliss-reactive ketones (excluding diaryl/α,β-unsaturated/α-hetero) is 1. The number of benzene rings is 1. The van der Waals surface area contributed by atoms with Gasteiger partial charge in [-0.05, 0) is 49.9 Å². The van der Waals surface area contributed by atoms with E-state index in [1.807, 2.05) is 17.0 Å². The summed E-state index contributed by atoms with van der Waals surface area (Å²) in [4.78, 5) is 27.1. The van der Waals surface area contributed by atoms with Crippen LogP contribution in [0.25, 0.3) is 0 Å². The summed E-state index contributed by atoms with van der Waals surface area (Å²) in [6.45, 7) is 10.1. The van der Waals surface area contributed by atoms with Gasteiger partial charge in [0.25, 0.3) is 0 Å². The van der Waals surface area contributed by atoms with E-state index >= 15 is 0 Å². The molecular weight excluding hydrogens is 316 g/mol. The highest BCUT2D eigenvalue weighted by Crippen LogP contribution is 2.38. The van der Waals surface area contributed by atoms with Gasteiger partial charge in [0.15, 0.2) is 0 Å². The van der Waals surface area contributed by atoms with Crippen molar-refractivity contribution in [2.24, 2.45) is 0 Å². The van der Waals surface area contributed by atoms with Gasteiger partial charge >= 0.3 is 0 Å². The second kappa shape index (κ2) is 6.45. The third kappa shape index (κ3) is 3.07. The van der Waals surface area contributed by atoms with E-state index in [1.54, 1.807) is 6.92 Å². The molecule has 1 saturated heterocycles. The minimum absolute atomic E-state index is 0.00658. The zero-order valence-corrected chi connectivity index (χ0v) is 16.2. The molecule has 0 aromatic heterocycles. The van der Waals surface area contributed by atoms with E-state index in [9.17, 15) is 9.59 Å². The highest BCUT2D eigenvalue weighted by atomic mass is 28.3. The molecule has 0 spiro atoms. The van der Waals surface area contributed by atoms with Crippen LogP contribution in [0, 0.1) is 0 Å². The molecule has 2 aliphatic rings. The first-order chi connectivity index (χ1) is 11.3. The zero-order valence-electron chi connectivity index (χ0n) is 15.2. The number of rotatable bonds is 4. The Morgan fingerprint density at radius 1 is 1.29 bits per heavy atom. The first-order valence-corrected chi connectivity index (χ1v) is 12.6. The van der Waals surface area contributed by atoms with Gasteiger partial charge in [0.2, 0.25) is 5.91 Å². The van der Waals surface area contributed by atoms with E-state index in [1.165, 1.54) is 5.56 Å². The van der Waals surface area contributed by atoms with Crippen LogP contribution in [0.3, 0.4) is 0 Å². The summed E-state index contributed by atoms with van der Waals surface area (Å²) in [5.41, 5.74) is 3.41. The SMILES string of the molecule is CC(=O)C(c1cccc2c1CCN2C(=O)C1CCCN1)[Si](C)(C)C. The average molecular weight is 345 g/mol. The Hall–Kier alpha value is -1.46. The number of fused-ring (bicyclic) bond motifs is 1. The second-order valence-electron chi connectivity index (χ2n) is 8.14. The average Bonchev–Trinajstić information content (AvgIpc) is 3.15. The Balaban J connectivity index is 1.97. The van der Waals surface area contributed by atoms with Crippen LogP contribution in [0.5, 0.6) is 0 Å². The lowest BCUT2D eigenvalue weighted by Gasteiger charge is -2.29. The van der Waals surface area contributed by atoms with E-state index in [0.29, 0.717) is 0 Å². The van der Waals surface area contributed by atoms with Crippen LogP contribution in [0.1, 0.15) is 36.4 Å². The van der Waals surface area contributed by atoms with Crippen molar-refractivity contribution in [1.82, 2.24) is 5.32 Å². The minimum atomic E-state index is -1.67. The molecule has 0 saturated carbocycles. The second-order valence-corrected chi connectivity index (χ2v) is 13.5. The van der Waals surface area contributed by atoms with Crippen molar-refractivity contribution in [3.05, 3.63) is 29.3 Å².